The maximum Gasteiger partial charge on any atom is 0.144 e. The number of nitrogens with one attached hydrogen (secondary N) is 1. The lowest BCUT2D eigenvalue weighted by Gasteiger charge is -1.99. The van der Waals surface area contributed by atoms with Crippen LogP contribution >= 0.6 is 11.3 Å². The van der Waals surface area contributed by atoms with E-state index >= 15 is 0 Å². The lowest BCUT2D eigenvalue weighted by molar-refractivity contribution is 0.640. The highest BCUT2D eigenvalue weighted by atomic mass is 32.1. The Morgan fingerprint density at radius 2 is 2.41 bits per heavy atom. The molecular formula is C13H15FN2S. The van der Waals surface area contributed by atoms with Gasteiger partial charge in [-0.3, -0.25) is 4.98 Å². The van der Waals surface area contributed by atoms with Crippen LogP contribution in [-0.4, -0.2) is 11.5 Å². The molecule has 2 aromatic rings. The van der Waals surface area contributed by atoms with Gasteiger partial charge >= 0.3 is 0 Å². The standard InChI is InChI=1S/C13H15FN2S/c1-3-5-15-8-9(2)12-7-11-13(17-12)10(14)4-6-16-11/h4,6-8,15H,3,5H2,1-2H3/b9-8+. The summed E-state index contributed by atoms with van der Waals surface area (Å²) in [5.74, 6) is -0.194. The number of allylic oxidation sites excluding steroid dienone is 1. The van der Waals surface area contributed by atoms with Gasteiger partial charge in [0, 0.05) is 23.8 Å². The van der Waals surface area contributed by atoms with Crippen LogP contribution in [0.3, 0.4) is 0 Å². The van der Waals surface area contributed by atoms with Crippen LogP contribution in [0.4, 0.5) is 4.39 Å². The van der Waals surface area contributed by atoms with Crippen molar-refractivity contribution in [2.75, 3.05) is 6.54 Å². The van der Waals surface area contributed by atoms with Crippen molar-refractivity contribution in [3.8, 4) is 0 Å². The molecule has 0 amide bonds. The lowest BCUT2D eigenvalue weighted by Crippen LogP contribution is -2.05. The molecule has 1 N–H and O–H groups in total. The Kier molecular flexibility index (Phi) is 3.74. The van der Waals surface area contributed by atoms with E-state index in [0.29, 0.717) is 4.70 Å². The predicted molar refractivity (Wildman–Crippen MR) is 71.5 cm³/mol. The van der Waals surface area contributed by atoms with Gasteiger partial charge in [-0.25, -0.2) is 4.39 Å². The minimum Gasteiger partial charge on any atom is -0.391 e. The van der Waals surface area contributed by atoms with E-state index in [1.807, 2.05) is 19.2 Å². The average molecular weight is 250 g/mol. The molecule has 2 rings (SSSR count). The van der Waals surface area contributed by atoms with Gasteiger partial charge in [-0.1, -0.05) is 6.92 Å². The molecule has 0 radical (unpaired) electrons. The van der Waals surface area contributed by atoms with E-state index in [1.165, 1.54) is 23.6 Å². The Balaban J connectivity index is 2.30. The Morgan fingerprint density at radius 1 is 1.59 bits per heavy atom. The Hall–Kier alpha value is -1.42. The molecule has 2 aromatic heterocycles. The number of halogens is 1. The summed E-state index contributed by atoms with van der Waals surface area (Å²) in [5, 5.41) is 3.22. The molecule has 2 nitrogen and oxygen atoms in total. The molecule has 0 aliphatic heterocycles. The third-order valence-electron chi connectivity index (χ3n) is 2.47. The third kappa shape index (κ3) is 2.64. The first-order valence-corrected chi connectivity index (χ1v) is 6.48. The summed E-state index contributed by atoms with van der Waals surface area (Å²) in [7, 11) is 0. The monoisotopic (exact) mass is 250 g/mol. The summed E-state index contributed by atoms with van der Waals surface area (Å²) in [6, 6.07) is 3.33. The second-order valence-electron chi connectivity index (χ2n) is 3.90. The topological polar surface area (TPSA) is 24.9 Å². The number of hydrogen-bond acceptors (Lipinski definition) is 3. The van der Waals surface area contributed by atoms with Gasteiger partial charge < -0.3 is 5.32 Å². The molecule has 90 valence electrons. The molecule has 0 bridgehead atoms. The van der Waals surface area contributed by atoms with Crippen molar-refractivity contribution in [1.29, 1.82) is 0 Å². The van der Waals surface area contributed by atoms with Gasteiger partial charge in [0.25, 0.3) is 0 Å². The van der Waals surface area contributed by atoms with Gasteiger partial charge in [-0.2, -0.15) is 0 Å². The summed E-state index contributed by atoms with van der Waals surface area (Å²) < 4.78 is 14.1. The highest BCUT2D eigenvalue weighted by Crippen LogP contribution is 2.30. The molecule has 0 saturated carbocycles. The molecule has 4 heteroatoms. The van der Waals surface area contributed by atoms with E-state index in [2.05, 4.69) is 17.2 Å². The molecule has 0 aliphatic carbocycles. The van der Waals surface area contributed by atoms with Gasteiger partial charge in [-0.15, -0.1) is 11.3 Å². The summed E-state index contributed by atoms with van der Waals surface area (Å²) >= 11 is 1.44. The number of rotatable bonds is 4. The van der Waals surface area contributed by atoms with Crippen LogP contribution in [0.2, 0.25) is 0 Å². The summed E-state index contributed by atoms with van der Waals surface area (Å²) in [5.41, 5.74) is 1.84. The normalized spacial score (nSPS) is 12.1. The Bertz CT molecular complexity index is 545. The predicted octanol–water partition coefficient (Wildman–Crippen LogP) is 3.80. The Morgan fingerprint density at radius 3 is 3.12 bits per heavy atom. The Labute approximate surface area is 104 Å². The van der Waals surface area contributed by atoms with E-state index in [-0.39, 0.29) is 5.82 Å². The largest absolute Gasteiger partial charge is 0.391 e. The second-order valence-corrected chi connectivity index (χ2v) is 4.95. The molecule has 0 atom stereocenters. The van der Waals surface area contributed by atoms with Crippen molar-refractivity contribution in [2.45, 2.75) is 20.3 Å². The van der Waals surface area contributed by atoms with Crippen molar-refractivity contribution < 1.29 is 4.39 Å². The minimum atomic E-state index is -0.194. The van der Waals surface area contributed by atoms with Crippen LogP contribution in [0.1, 0.15) is 25.1 Å². The fraction of sp³-hybridized carbons (Fsp3) is 0.308. The molecule has 0 aliphatic rings. The molecule has 0 spiro atoms. The maximum atomic E-state index is 13.5. The van der Waals surface area contributed by atoms with Gasteiger partial charge in [0.05, 0.1) is 10.2 Å². The van der Waals surface area contributed by atoms with Crippen LogP contribution in [0, 0.1) is 5.82 Å². The quantitative estimate of drug-likeness (QED) is 0.835. The highest BCUT2D eigenvalue weighted by molar-refractivity contribution is 7.20. The van der Waals surface area contributed by atoms with E-state index in [0.717, 1.165) is 28.9 Å². The van der Waals surface area contributed by atoms with Crippen LogP contribution in [0.25, 0.3) is 15.8 Å². The highest BCUT2D eigenvalue weighted by Gasteiger charge is 2.07. The van der Waals surface area contributed by atoms with Crippen LogP contribution in [0.15, 0.2) is 24.5 Å². The first-order chi connectivity index (χ1) is 8.22. The number of thiophene rings is 1. The first-order valence-electron chi connectivity index (χ1n) is 5.67. The van der Waals surface area contributed by atoms with Gasteiger partial charge in [-0.05, 0) is 31.1 Å². The van der Waals surface area contributed by atoms with Crippen LogP contribution in [0.5, 0.6) is 0 Å². The van der Waals surface area contributed by atoms with Crippen molar-refractivity contribution in [2.24, 2.45) is 0 Å². The number of hydrogen-bond donors (Lipinski definition) is 1. The van der Waals surface area contributed by atoms with Gasteiger partial charge in [0.1, 0.15) is 5.82 Å². The number of aromatic nitrogens is 1. The zero-order chi connectivity index (χ0) is 12.3. The molecule has 0 fully saturated rings. The first kappa shape index (κ1) is 12.0. The molecular weight excluding hydrogens is 235 g/mol. The van der Waals surface area contributed by atoms with E-state index in [9.17, 15) is 4.39 Å². The van der Waals surface area contributed by atoms with Crippen LogP contribution in [-0.2, 0) is 0 Å². The SMILES string of the molecule is CCCN/C=C(\C)c1cc2nccc(F)c2s1. The summed E-state index contributed by atoms with van der Waals surface area (Å²) in [4.78, 5) is 5.22. The van der Waals surface area contributed by atoms with Crippen molar-refractivity contribution in [3.05, 3.63) is 35.2 Å². The molecule has 0 unspecified atom stereocenters. The molecule has 0 aromatic carbocycles. The fourth-order valence-electron chi connectivity index (χ4n) is 1.54. The van der Waals surface area contributed by atoms with Crippen molar-refractivity contribution in [3.63, 3.8) is 0 Å². The number of pyridine rings is 1. The van der Waals surface area contributed by atoms with E-state index < -0.39 is 0 Å². The van der Waals surface area contributed by atoms with Crippen molar-refractivity contribution >= 4 is 27.1 Å². The maximum absolute atomic E-state index is 13.5. The number of fused-ring (bicyclic) bond motifs is 1. The van der Waals surface area contributed by atoms with E-state index in [1.54, 1.807) is 0 Å². The molecule has 17 heavy (non-hydrogen) atoms. The zero-order valence-electron chi connectivity index (χ0n) is 9.96. The zero-order valence-corrected chi connectivity index (χ0v) is 10.8. The fourth-order valence-corrected chi connectivity index (χ4v) is 2.53. The minimum absolute atomic E-state index is 0.194. The smallest absolute Gasteiger partial charge is 0.144 e. The lowest BCUT2D eigenvalue weighted by atomic mass is 10.2. The van der Waals surface area contributed by atoms with Gasteiger partial charge in [0.2, 0.25) is 0 Å². The van der Waals surface area contributed by atoms with E-state index in [4.69, 9.17) is 0 Å². The third-order valence-corrected chi connectivity index (χ3v) is 3.73. The summed E-state index contributed by atoms with van der Waals surface area (Å²) in [6.07, 6.45) is 4.57. The number of nitrogens with zero attached hydrogens (tertiary/aromatic N) is 1. The van der Waals surface area contributed by atoms with Crippen LogP contribution < -0.4 is 5.32 Å². The molecule has 0 saturated heterocycles. The second kappa shape index (κ2) is 5.27. The van der Waals surface area contributed by atoms with Gasteiger partial charge in [0.15, 0.2) is 0 Å². The molecule has 2 heterocycles. The van der Waals surface area contributed by atoms with Crippen molar-refractivity contribution in [1.82, 2.24) is 10.3 Å². The average Bonchev–Trinajstić information content (AvgIpc) is 2.75. The summed E-state index contributed by atoms with van der Waals surface area (Å²) in [6.45, 7) is 5.09.